The van der Waals surface area contributed by atoms with Gasteiger partial charge in [-0.2, -0.15) is 0 Å². The van der Waals surface area contributed by atoms with Crippen LogP contribution in [0.2, 0.25) is 0 Å². The Labute approximate surface area is 138 Å². The molecule has 2 heterocycles. The fraction of sp³-hybridized carbons (Fsp3) is 0.579. The molecule has 124 valence electrons. The van der Waals surface area contributed by atoms with E-state index >= 15 is 0 Å². The summed E-state index contributed by atoms with van der Waals surface area (Å²) in [6.07, 6.45) is 2.50. The second kappa shape index (κ2) is 6.34. The number of hydrogen-bond donors (Lipinski definition) is 0. The minimum Gasteiger partial charge on any atom is -0.342 e. The molecule has 1 aromatic rings. The lowest BCUT2D eigenvalue weighted by atomic mass is 9.97. The summed E-state index contributed by atoms with van der Waals surface area (Å²) in [5, 5.41) is 0. The van der Waals surface area contributed by atoms with E-state index in [9.17, 15) is 9.59 Å². The zero-order chi connectivity index (χ0) is 16.6. The van der Waals surface area contributed by atoms with Gasteiger partial charge in [0.2, 0.25) is 11.8 Å². The van der Waals surface area contributed by atoms with Crippen LogP contribution in [0, 0.1) is 25.7 Å². The molecule has 23 heavy (non-hydrogen) atoms. The summed E-state index contributed by atoms with van der Waals surface area (Å²) in [7, 11) is 0. The molecule has 3 rings (SSSR count). The largest absolute Gasteiger partial charge is 0.342 e. The second-order valence-corrected chi connectivity index (χ2v) is 7.18. The van der Waals surface area contributed by atoms with Crippen molar-refractivity contribution in [2.24, 2.45) is 11.8 Å². The van der Waals surface area contributed by atoms with Crippen LogP contribution in [-0.2, 0) is 9.59 Å². The third-order valence-corrected chi connectivity index (χ3v) is 5.37. The fourth-order valence-electron chi connectivity index (χ4n) is 3.50. The number of rotatable bonds is 2. The van der Waals surface area contributed by atoms with Crippen LogP contribution in [0.25, 0.3) is 0 Å². The summed E-state index contributed by atoms with van der Waals surface area (Å²) < 4.78 is 0. The lowest BCUT2D eigenvalue weighted by Gasteiger charge is -2.32. The van der Waals surface area contributed by atoms with Gasteiger partial charge in [-0.1, -0.05) is 13.0 Å². The first-order valence-electron chi connectivity index (χ1n) is 8.62. The second-order valence-electron chi connectivity index (χ2n) is 7.18. The number of aryl methyl sites for hydroxylation is 2. The third kappa shape index (κ3) is 3.26. The van der Waals surface area contributed by atoms with E-state index in [1.54, 1.807) is 4.90 Å². The van der Waals surface area contributed by atoms with Crippen LogP contribution >= 0.6 is 0 Å². The van der Waals surface area contributed by atoms with Gasteiger partial charge in [0.1, 0.15) is 0 Å². The highest BCUT2D eigenvalue weighted by Crippen LogP contribution is 2.29. The first-order valence-corrected chi connectivity index (χ1v) is 8.62. The van der Waals surface area contributed by atoms with Crippen LogP contribution in [-0.4, -0.2) is 36.3 Å². The van der Waals surface area contributed by atoms with Crippen LogP contribution in [0.4, 0.5) is 5.69 Å². The van der Waals surface area contributed by atoms with Crippen molar-refractivity contribution in [3.63, 3.8) is 0 Å². The SMILES string of the molecule is Cc1ccc(N2C[C@@H](C(=O)N3CCC(C)CC3)CC2=O)cc1C. The van der Waals surface area contributed by atoms with Crippen LogP contribution in [0.15, 0.2) is 18.2 Å². The van der Waals surface area contributed by atoms with E-state index in [1.807, 2.05) is 23.1 Å². The van der Waals surface area contributed by atoms with Crippen molar-refractivity contribution in [1.29, 1.82) is 0 Å². The predicted octanol–water partition coefficient (Wildman–Crippen LogP) is 2.91. The van der Waals surface area contributed by atoms with Crippen LogP contribution in [0.1, 0.15) is 37.3 Å². The van der Waals surface area contributed by atoms with E-state index in [-0.39, 0.29) is 17.7 Å². The van der Waals surface area contributed by atoms with E-state index in [1.165, 1.54) is 11.1 Å². The zero-order valence-electron chi connectivity index (χ0n) is 14.3. The first-order chi connectivity index (χ1) is 11.0. The van der Waals surface area contributed by atoms with E-state index in [0.717, 1.165) is 31.6 Å². The molecule has 0 bridgehead atoms. The molecule has 2 saturated heterocycles. The average molecular weight is 314 g/mol. The Kier molecular flexibility index (Phi) is 4.42. The maximum atomic E-state index is 12.7. The third-order valence-electron chi connectivity index (χ3n) is 5.37. The Balaban J connectivity index is 1.69. The number of carbonyl (C=O) groups is 2. The Morgan fingerprint density at radius 1 is 1.13 bits per heavy atom. The van der Waals surface area contributed by atoms with Crippen molar-refractivity contribution in [2.45, 2.75) is 40.0 Å². The summed E-state index contributed by atoms with van der Waals surface area (Å²) in [4.78, 5) is 28.8. The Morgan fingerprint density at radius 2 is 1.83 bits per heavy atom. The van der Waals surface area contributed by atoms with E-state index in [4.69, 9.17) is 0 Å². The smallest absolute Gasteiger partial charge is 0.228 e. The van der Waals surface area contributed by atoms with E-state index in [2.05, 4.69) is 20.8 Å². The molecule has 2 aliphatic rings. The number of likely N-dealkylation sites (tertiary alicyclic amines) is 1. The summed E-state index contributed by atoms with van der Waals surface area (Å²) in [5.74, 6) is 0.752. The molecule has 0 saturated carbocycles. The monoisotopic (exact) mass is 314 g/mol. The van der Waals surface area contributed by atoms with Gasteiger partial charge in [-0.3, -0.25) is 9.59 Å². The van der Waals surface area contributed by atoms with Gasteiger partial charge in [0.05, 0.1) is 5.92 Å². The molecule has 2 aliphatic heterocycles. The van der Waals surface area contributed by atoms with Gasteiger partial charge in [-0.15, -0.1) is 0 Å². The Bertz CT molecular complexity index is 618. The lowest BCUT2D eigenvalue weighted by molar-refractivity contribution is -0.137. The van der Waals surface area contributed by atoms with Crippen molar-refractivity contribution in [1.82, 2.24) is 4.90 Å². The zero-order valence-corrected chi connectivity index (χ0v) is 14.3. The van der Waals surface area contributed by atoms with Crippen LogP contribution in [0.3, 0.4) is 0 Å². The molecule has 4 heteroatoms. The quantitative estimate of drug-likeness (QED) is 0.842. The summed E-state index contributed by atoms with van der Waals surface area (Å²) in [6.45, 7) is 8.56. The Morgan fingerprint density at radius 3 is 2.48 bits per heavy atom. The molecule has 0 aliphatic carbocycles. The lowest BCUT2D eigenvalue weighted by Crippen LogP contribution is -2.42. The van der Waals surface area contributed by atoms with Gasteiger partial charge in [-0.25, -0.2) is 0 Å². The number of benzene rings is 1. The highest BCUT2D eigenvalue weighted by molar-refractivity contribution is 6.00. The van der Waals surface area contributed by atoms with Crippen molar-refractivity contribution in [3.8, 4) is 0 Å². The minimum absolute atomic E-state index is 0.0666. The number of nitrogens with zero attached hydrogens (tertiary/aromatic N) is 2. The van der Waals surface area contributed by atoms with Gasteiger partial charge in [0.15, 0.2) is 0 Å². The van der Waals surface area contributed by atoms with Crippen molar-refractivity contribution in [3.05, 3.63) is 29.3 Å². The summed E-state index contributed by atoms with van der Waals surface area (Å²) in [5.41, 5.74) is 3.31. The van der Waals surface area contributed by atoms with Crippen molar-refractivity contribution < 1.29 is 9.59 Å². The Hall–Kier alpha value is -1.84. The van der Waals surface area contributed by atoms with Gasteiger partial charge in [0, 0.05) is 31.7 Å². The maximum Gasteiger partial charge on any atom is 0.228 e. The average Bonchev–Trinajstić information content (AvgIpc) is 2.92. The normalized spacial score (nSPS) is 22.7. The molecule has 2 amide bonds. The van der Waals surface area contributed by atoms with Crippen LogP contribution < -0.4 is 4.90 Å². The molecule has 1 aromatic carbocycles. The molecule has 4 nitrogen and oxygen atoms in total. The predicted molar refractivity (Wildman–Crippen MR) is 91.4 cm³/mol. The van der Waals surface area contributed by atoms with Gasteiger partial charge in [-0.05, 0) is 55.9 Å². The highest BCUT2D eigenvalue weighted by Gasteiger charge is 2.37. The van der Waals surface area contributed by atoms with Gasteiger partial charge < -0.3 is 9.80 Å². The number of carbonyl (C=O) groups excluding carboxylic acids is 2. The molecule has 1 atom stereocenters. The number of amides is 2. The van der Waals surface area contributed by atoms with Gasteiger partial charge >= 0.3 is 0 Å². The summed E-state index contributed by atoms with van der Waals surface area (Å²) >= 11 is 0. The molecule has 0 radical (unpaired) electrons. The minimum atomic E-state index is -0.183. The molecule has 0 unspecified atom stereocenters. The maximum absolute atomic E-state index is 12.7. The van der Waals surface area contributed by atoms with Crippen molar-refractivity contribution >= 4 is 17.5 Å². The fourth-order valence-corrected chi connectivity index (χ4v) is 3.50. The number of hydrogen-bond acceptors (Lipinski definition) is 2. The van der Waals surface area contributed by atoms with E-state index in [0.29, 0.717) is 18.9 Å². The molecular formula is C19H26N2O2. The number of anilines is 1. The van der Waals surface area contributed by atoms with Crippen molar-refractivity contribution in [2.75, 3.05) is 24.5 Å². The highest BCUT2D eigenvalue weighted by atomic mass is 16.2. The molecular weight excluding hydrogens is 288 g/mol. The van der Waals surface area contributed by atoms with Gasteiger partial charge in [0.25, 0.3) is 0 Å². The number of piperidine rings is 1. The molecule has 0 N–H and O–H groups in total. The topological polar surface area (TPSA) is 40.6 Å². The molecule has 0 spiro atoms. The summed E-state index contributed by atoms with van der Waals surface area (Å²) in [6, 6.07) is 6.07. The van der Waals surface area contributed by atoms with E-state index < -0.39 is 0 Å². The molecule has 2 fully saturated rings. The first kappa shape index (κ1) is 16.0. The standard InChI is InChI=1S/C19H26N2O2/c1-13-6-8-20(9-7-13)19(23)16-11-18(22)21(12-16)17-5-4-14(2)15(3)10-17/h4-5,10,13,16H,6-9,11-12H2,1-3H3/t16-/m0/s1. The molecule has 0 aromatic heterocycles. The van der Waals surface area contributed by atoms with Crippen LogP contribution in [0.5, 0.6) is 0 Å².